The molecule has 0 spiro atoms. The Morgan fingerprint density at radius 3 is 2.36 bits per heavy atom. The molecule has 1 saturated heterocycles. The number of benzene rings is 1. The van der Waals surface area contributed by atoms with Gasteiger partial charge in [0.1, 0.15) is 11.6 Å². The van der Waals surface area contributed by atoms with Gasteiger partial charge in [-0.15, -0.1) is 0 Å². The third-order valence-corrected chi connectivity index (χ3v) is 4.39. The highest BCUT2D eigenvalue weighted by Crippen LogP contribution is 2.31. The first-order valence-corrected chi connectivity index (χ1v) is 8.62. The number of nitrogens with two attached hydrogens (primary N) is 1. The number of carboxylic acids is 1. The second kappa shape index (κ2) is 7.54. The molecule has 1 aliphatic heterocycles. The molecule has 2 rings (SSSR count). The first kappa shape index (κ1) is 19.4. The number of aryl methyl sites for hydroxylation is 1. The fourth-order valence-corrected chi connectivity index (χ4v) is 3.16. The molecule has 138 valence electrons. The molecule has 0 radical (unpaired) electrons. The van der Waals surface area contributed by atoms with Crippen molar-refractivity contribution in [3.8, 4) is 0 Å². The molecule has 0 bridgehead atoms. The van der Waals surface area contributed by atoms with Crippen molar-refractivity contribution >= 4 is 11.9 Å². The third-order valence-electron chi connectivity index (χ3n) is 4.39. The monoisotopic (exact) mass is 348 g/mol. The molecule has 3 N–H and O–H groups in total. The molecule has 0 aliphatic carbocycles. The number of piperidine rings is 1. The molecule has 3 unspecified atom stereocenters. The fourth-order valence-electron chi connectivity index (χ4n) is 3.16. The number of ether oxygens (including phenoxy) is 1. The van der Waals surface area contributed by atoms with E-state index in [1.807, 2.05) is 52.0 Å². The van der Waals surface area contributed by atoms with Crippen molar-refractivity contribution < 1.29 is 19.4 Å². The predicted octanol–water partition coefficient (Wildman–Crippen LogP) is 2.46. The van der Waals surface area contributed by atoms with Crippen LogP contribution in [0, 0.1) is 12.8 Å². The number of hydrogen-bond donors (Lipinski definition) is 2. The standard InChI is InChI=1S/C19H28N2O4/c1-12-5-7-13(8-6-12)16(17(22)23)21-10-9-14(11-15(21)20)18(24)25-19(2,3)4/h5-8,14-16H,9-11,20H2,1-4H3,(H,22,23). The van der Waals surface area contributed by atoms with Gasteiger partial charge in [0.2, 0.25) is 0 Å². The third kappa shape index (κ3) is 5.03. The lowest BCUT2D eigenvalue weighted by Gasteiger charge is -2.40. The summed E-state index contributed by atoms with van der Waals surface area (Å²) in [5, 5.41) is 9.71. The largest absolute Gasteiger partial charge is 0.480 e. The van der Waals surface area contributed by atoms with E-state index in [1.54, 1.807) is 4.90 Å². The molecule has 6 heteroatoms. The van der Waals surface area contributed by atoms with Gasteiger partial charge in [0, 0.05) is 6.54 Å². The molecule has 25 heavy (non-hydrogen) atoms. The minimum Gasteiger partial charge on any atom is -0.480 e. The van der Waals surface area contributed by atoms with Gasteiger partial charge in [0.15, 0.2) is 0 Å². The van der Waals surface area contributed by atoms with E-state index in [1.165, 1.54) is 0 Å². The van der Waals surface area contributed by atoms with E-state index < -0.39 is 23.8 Å². The summed E-state index contributed by atoms with van der Waals surface area (Å²) in [6.07, 6.45) is 0.427. The maximum Gasteiger partial charge on any atom is 0.325 e. The van der Waals surface area contributed by atoms with Gasteiger partial charge in [-0.25, -0.2) is 0 Å². The number of esters is 1. The second-order valence-corrected chi connectivity index (χ2v) is 7.71. The second-order valence-electron chi connectivity index (χ2n) is 7.71. The summed E-state index contributed by atoms with van der Waals surface area (Å²) in [7, 11) is 0. The maximum atomic E-state index is 12.3. The summed E-state index contributed by atoms with van der Waals surface area (Å²) in [5.74, 6) is -1.49. The Morgan fingerprint density at radius 1 is 1.28 bits per heavy atom. The molecule has 1 aromatic rings. The number of likely N-dealkylation sites (tertiary alicyclic amines) is 1. The van der Waals surface area contributed by atoms with Gasteiger partial charge in [-0.3, -0.25) is 14.5 Å². The van der Waals surface area contributed by atoms with Crippen LogP contribution in [0.4, 0.5) is 0 Å². The summed E-state index contributed by atoms with van der Waals surface area (Å²) in [4.78, 5) is 25.9. The van der Waals surface area contributed by atoms with Crippen molar-refractivity contribution in [2.24, 2.45) is 11.7 Å². The zero-order chi connectivity index (χ0) is 18.8. The van der Waals surface area contributed by atoms with E-state index in [9.17, 15) is 14.7 Å². The smallest absolute Gasteiger partial charge is 0.325 e. The molecule has 1 aliphatic rings. The van der Waals surface area contributed by atoms with E-state index in [4.69, 9.17) is 10.5 Å². The van der Waals surface area contributed by atoms with Gasteiger partial charge in [-0.1, -0.05) is 29.8 Å². The van der Waals surface area contributed by atoms with E-state index in [-0.39, 0.29) is 11.9 Å². The summed E-state index contributed by atoms with van der Waals surface area (Å²) < 4.78 is 5.44. The molecular weight excluding hydrogens is 320 g/mol. The van der Waals surface area contributed by atoms with Gasteiger partial charge in [0.25, 0.3) is 0 Å². The number of carbonyl (C=O) groups is 2. The Kier molecular flexibility index (Phi) is 5.85. The van der Waals surface area contributed by atoms with Crippen LogP contribution in [-0.2, 0) is 14.3 Å². The lowest BCUT2D eigenvalue weighted by molar-refractivity contribution is -0.163. The Labute approximate surface area is 149 Å². The van der Waals surface area contributed by atoms with Crippen LogP contribution in [0.2, 0.25) is 0 Å². The molecule has 1 heterocycles. The molecule has 0 aromatic heterocycles. The van der Waals surface area contributed by atoms with Gasteiger partial charge in [0.05, 0.1) is 12.1 Å². The van der Waals surface area contributed by atoms with Crippen molar-refractivity contribution in [1.29, 1.82) is 0 Å². The fraction of sp³-hybridized carbons (Fsp3) is 0.579. The molecule has 6 nitrogen and oxygen atoms in total. The number of hydrogen-bond acceptors (Lipinski definition) is 5. The van der Waals surface area contributed by atoms with Crippen molar-refractivity contribution in [1.82, 2.24) is 4.90 Å². The van der Waals surface area contributed by atoms with Crippen LogP contribution in [0.3, 0.4) is 0 Å². The zero-order valence-corrected chi connectivity index (χ0v) is 15.4. The Hall–Kier alpha value is -1.92. The van der Waals surface area contributed by atoms with Crippen molar-refractivity contribution in [3.63, 3.8) is 0 Å². The normalized spacial score (nSPS) is 23.1. The average molecular weight is 348 g/mol. The van der Waals surface area contributed by atoms with E-state index in [0.717, 1.165) is 5.56 Å². The van der Waals surface area contributed by atoms with Gasteiger partial charge in [-0.2, -0.15) is 0 Å². The number of nitrogens with zero attached hydrogens (tertiary/aromatic N) is 1. The Balaban J connectivity index is 2.11. The van der Waals surface area contributed by atoms with Crippen molar-refractivity contribution in [2.75, 3.05) is 6.54 Å². The predicted molar refractivity (Wildman–Crippen MR) is 94.8 cm³/mol. The highest BCUT2D eigenvalue weighted by atomic mass is 16.6. The first-order chi connectivity index (χ1) is 11.6. The molecule has 0 saturated carbocycles. The van der Waals surface area contributed by atoms with Crippen LogP contribution in [0.25, 0.3) is 0 Å². The minimum atomic E-state index is -0.935. The first-order valence-electron chi connectivity index (χ1n) is 8.62. The number of rotatable bonds is 4. The minimum absolute atomic E-state index is 0.259. The van der Waals surface area contributed by atoms with Crippen LogP contribution < -0.4 is 5.73 Å². The van der Waals surface area contributed by atoms with E-state index >= 15 is 0 Å². The van der Waals surface area contributed by atoms with Crippen LogP contribution in [0.5, 0.6) is 0 Å². The van der Waals surface area contributed by atoms with E-state index in [0.29, 0.717) is 24.9 Å². The number of aliphatic carboxylic acids is 1. The van der Waals surface area contributed by atoms with Gasteiger partial charge >= 0.3 is 11.9 Å². The van der Waals surface area contributed by atoms with Gasteiger partial charge in [-0.05, 0) is 46.1 Å². The highest BCUT2D eigenvalue weighted by Gasteiger charge is 2.38. The lowest BCUT2D eigenvalue weighted by atomic mass is 9.91. The summed E-state index contributed by atoms with van der Waals surface area (Å²) >= 11 is 0. The van der Waals surface area contributed by atoms with Crippen molar-refractivity contribution in [2.45, 2.75) is 58.3 Å². The highest BCUT2D eigenvalue weighted by molar-refractivity contribution is 5.76. The zero-order valence-electron chi connectivity index (χ0n) is 15.4. The molecule has 3 atom stereocenters. The lowest BCUT2D eigenvalue weighted by Crippen LogP contribution is -2.52. The molecule has 1 fully saturated rings. The molecule has 1 aromatic carbocycles. The van der Waals surface area contributed by atoms with E-state index in [2.05, 4.69) is 0 Å². The maximum absolute atomic E-state index is 12.3. The molecule has 0 amide bonds. The Morgan fingerprint density at radius 2 is 1.88 bits per heavy atom. The molecular formula is C19H28N2O4. The van der Waals surface area contributed by atoms with Crippen LogP contribution in [0.1, 0.15) is 50.8 Å². The van der Waals surface area contributed by atoms with Crippen LogP contribution >= 0.6 is 0 Å². The van der Waals surface area contributed by atoms with Crippen LogP contribution in [-0.4, -0.2) is 40.3 Å². The topological polar surface area (TPSA) is 92.9 Å². The van der Waals surface area contributed by atoms with Gasteiger partial charge < -0.3 is 15.6 Å². The Bertz CT molecular complexity index is 621. The summed E-state index contributed by atoms with van der Waals surface area (Å²) in [5.41, 5.74) is 7.46. The summed E-state index contributed by atoms with van der Waals surface area (Å²) in [6.45, 7) is 7.89. The van der Waals surface area contributed by atoms with Crippen molar-refractivity contribution in [3.05, 3.63) is 35.4 Å². The van der Waals surface area contributed by atoms with Crippen LogP contribution in [0.15, 0.2) is 24.3 Å². The average Bonchev–Trinajstić information content (AvgIpc) is 2.49. The summed E-state index contributed by atoms with van der Waals surface area (Å²) in [6, 6.07) is 6.62. The SMILES string of the molecule is Cc1ccc(C(C(=O)O)N2CCC(C(=O)OC(C)(C)C)CC2N)cc1. The number of carbonyl (C=O) groups excluding carboxylic acids is 1. The number of carboxylic acid groups (broad SMARTS) is 1. The quantitative estimate of drug-likeness (QED) is 0.812.